The minimum atomic E-state index is -3.54. The average Bonchev–Trinajstić information content (AvgIpc) is 2.82. The van der Waals surface area contributed by atoms with Gasteiger partial charge in [-0.3, -0.25) is 4.79 Å². The van der Waals surface area contributed by atoms with Gasteiger partial charge in [-0.05, 0) is 43.4 Å². The van der Waals surface area contributed by atoms with Crippen molar-refractivity contribution < 1.29 is 13.2 Å². The van der Waals surface area contributed by atoms with Crippen LogP contribution in [0.3, 0.4) is 0 Å². The lowest BCUT2D eigenvalue weighted by atomic mass is 10.1. The number of hydrogen-bond acceptors (Lipinski definition) is 3. The molecule has 2 rings (SSSR count). The Bertz CT molecular complexity index is 676. The standard InChI is InChI=1S/C18H28N2O3S/c1-14(2)13-19-18(21)17-12-16(9-8-15(17)3)24(22,23)20-10-6-4-5-7-11-20/h8-9,12,14H,4-7,10-11,13H2,1-3H3,(H,19,21). The number of carbonyl (C=O) groups excluding carboxylic acids is 1. The fourth-order valence-corrected chi connectivity index (χ4v) is 4.37. The van der Waals surface area contributed by atoms with Gasteiger partial charge >= 0.3 is 0 Å². The highest BCUT2D eigenvalue weighted by Gasteiger charge is 2.26. The summed E-state index contributed by atoms with van der Waals surface area (Å²) in [5.74, 6) is 0.132. The Labute approximate surface area is 145 Å². The van der Waals surface area contributed by atoms with Gasteiger partial charge in [0.2, 0.25) is 10.0 Å². The SMILES string of the molecule is Cc1ccc(S(=O)(=O)N2CCCCCC2)cc1C(=O)NCC(C)C. The Morgan fingerprint density at radius 3 is 2.38 bits per heavy atom. The molecule has 0 bridgehead atoms. The molecule has 1 N–H and O–H groups in total. The van der Waals surface area contributed by atoms with Crippen LogP contribution < -0.4 is 5.32 Å². The monoisotopic (exact) mass is 352 g/mol. The van der Waals surface area contributed by atoms with E-state index >= 15 is 0 Å². The van der Waals surface area contributed by atoms with Gasteiger partial charge in [0.25, 0.3) is 5.91 Å². The van der Waals surface area contributed by atoms with Crippen LogP contribution in [-0.4, -0.2) is 38.3 Å². The molecule has 6 heteroatoms. The molecule has 0 radical (unpaired) electrons. The van der Waals surface area contributed by atoms with Crippen molar-refractivity contribution >= 4 is 15.9 Å². The number of amides is 1. The van der Waals surface area contributed by atoms with Crippen molar-refractivity contribution in [2.75, 3.05) is 19.6 Å². The maximum Gasteiger partial charge on any atom is 0.251 e. The van der Waals surface area contributed by atoms with E-state index in [1.54, 1.807) is 16.4 Å². The van der Waals surface area contributed by atoms with Crippen molar-refractivity contribution in [3.8, 4) is 0 Å². The lowest BCUT2D eigenvalue weighted by Crippen LogP contribution is -2.32. The molecule has 134 valence electrons. The first-order chi connectivity index (χ1) is 11.3. The second kappa shape index (κ2) is 8.12. The molecule has 5 nitrogen and oxygen atoms in total. The second-order valence-electron chi connectivity index (χ2n) is 6.90. The van der Waals surface area contributed by atoms with Crippen molar-refractivity contribution in [1.82, 2.24) is 9.62 Å². The molecule has 0 unspecified atom stereocenters. The van der Waals surface area contributed by atoms with E-state index in [9.17, 15) is 13.2 Å². The van der Waals surface area contributed by atoms with Crippen molar-refractivity contribution in [3.63, 3.8) is 0 Å². The number of rotatable bonds is 5. The molecule has 1 saturated heterocycles. The molecule has 1 fully saturated rings. The third-order valence-corrected chi connectivity index (χ3v) is 6.22. The summed E-state index contributed by atoms with van der Waals surface area (Å²) in [4.78, 5) is 12.6. The van der Waals surface area contributed by atoms with E-state index < -0.39 is 10.0 Å². The maximum absolute atomic E-state index is 12.9. The number of nitrogens with one attached hydrogen (secondary N) is 1. The average molecular weight is 353 g/mol. The highest BCUT2D eigenvalue weighted by Crippen LogP contribution is 2.22. The number of hydrogen-bond donors (Lipinski definition) is 1. The Morgan fingerprint density at radius 2 is 1.79 bits per heavy atom. The second-order valence-corrected chi connectivity index (χ2v) is 8.84. The van der Waals surface area contributed by atoms with E-state index in [-0.39, 0.29) is 10.8 Å². The van der Waals surface area contributed by atoms with Crippen LogP contribution in [0.5, 0.6) is 0 Å². The molecule has 0 saturated carbocycles. The molecule has 1 amide bonds. The molecule has 0 atom stereocenters. The third kappa shape index (κ3) is 4.57. The van der Waals surface area contributed by atoms with Crippen LogP contribution in [0.2, 0.25) is 0 Å². The molecule has 1 aliphatic heterocycles. The number of sulfonamides is 1. The zero-order valence-corrected chi connectivity index (χ0v) is 15.7. The van der Waals surface area contributed by atoms with Crippen molar-refractivity contribution in [3.05, 3.63) is 29.3 Å². The summed E-state index contributed by atoms with van der Waals surface area (Å²) in [5, 5.41) is 2.86. The van der Waals surface area contributed by atoms with Gasteiger partial charge in [-0.2, -0.15) is 4.31 Å². The van der Waals surface area contributed by atoms with Crippen LogP contribution in [0, 0.1) is 12.8 Å². The molecule has 1 aliphatic rings. The summed E-state index contributed by atoms with van der Waals surface area (Å²) in [6.45, 7) is 7.56. The summed E-state index contributed by atoms with van der Waals surface area (Å²) in [6, 6.07) is 4.84. The summed E-state index contributed by atoms with van der Waals surface area (Å²) >= 11 is 0. The van der Waals surface area contributed by atoms with Gasteiger partial charge in [0, 0.05) is 25.2 Å². The van der Waals surface area contributed by atoms with Crippen LogP contribution in [0.25, 0.3) is 0 Å². The Kier molecular flexibility index (Phi) is 6.40. The van der Waals surface area contributed by atoms with Gasteiger partial charge in [-0.1, -0.05) is 32.8 Å². The Hall–Kier alpha value is -1.40. The van der Waals surface area contributed by atoms with Crippen LogP contribution in [-0.2, 0) is 10.0 Å². The highest BCUT2D eigenvalue weighted by atomic mass is 32.2. The van der Waals surface area contributed by atoms with E-state index in [4.69, 9.17) is 0 Å². The predicted octanol–water partition coefficient (Wildman–Crippen LogP) is 2.95. The lowest BCUT2D eigenvalue weighted by Gasteiger charge is -2.20. The van der Waals surface area contributed by atoms with Crippen LogP contribution in [0.4, 0.5) is 0 Å². The summed E-state index contributed by atoms with van der Waals surface area (Å²) in [6.07, 6.45) is 3.94. The van der Waals surface area contributed by atoms with E-state index in [0.29, 0.717) is 31.1 Å². The van der Waals surface area contributed by atoms with Gasteiger partial charge in [-0.25, -0.2) is 8.42 Å². The van der Waals surface area contributed by atoms with E-state index in [1.807, 2.05) is 20.8 Å². The normalized spacial score (nSPS) is 16.8. The van der Waals surface area contributed by atoms with E-state index in [2.05, 4.69) is 5.32 Å². The van der Waals surface area contributed by atoms with Crippen LogP contribution in [0.1, 0.15) is 55.5 Å². The lowest BCUT2D eigenvalue weighted by molar-refractivity contribution is 0.0948. The van der Waals surface area contributed by atoms with Crippen molar-refractivity contribution in [2.45, 2.75) is 51.3 Å². The Balaban J connectivity index is 2.27. The molecule has 24 heavy (non-hydrogen) atoms. The van der Waals surface area contributed by atoms with Crippen molar-refractivity contribution in [2.24, 2.45) is 5.92 Å². The first kappa shape index (κ1) is 18.9. The highest BCUT2D eigenvalue weighted by molar-refractivity contribution is 7.89. The fraction of sp³-hybridized carbons (Fsp3) is 0.611. The number of carbonyl (C=O) groups is 1. The van der Waals surface area contributed by atoms with Gasteiger partial charge in [0.05, 0.1) is 4.90 Å². The molecule has 1 aromatic carbocycles. The molecule has 1 aromatic rings. The molecular weight excluding hydrogens is 324 g/mol. The summed E-state index contributed by atoms with van der Waals surface area (Å²) < 4.78 is 27.3. The zero-order valence-electron chi connectivity index (χ0n) is 14.8. The smallest absolute Gasteiger partial charge is 0.251 e. The van der Waals surface area contributed by atoms with Crippen LogP contribution in [0.15, 0.2) is 23.1 Å². The molecule has 1 heterocycles. The van der Waals surface area contributed by atoms with Crippen molar-refractivity contribution in [1.29, 1.82) is 0 Å². The molecule has 0 aliphatic carbocycles. The minimum absolute atomic E-state index is 0.213. The van der Waals surface area contributed by atoms with Crippen LogP contribution >= 0.6 is 0 Å². The van der Waals surface area contributed by atoms with Gasteiger partial charge in [-0.15, -0.1) is 0 Å². The van der Waals surface area contributed by atoms with E-state index in [1.165, 1.54) is 6.07 Å². The third-order valence-electron chi connectivity index (χ3n) is 4.33. The number of benzene rings is 1. The Morgan fingerprint density at radius 1 is 1.17 bits per heavy atom. The fourth-order valence-electron chi connectivity index (χ4n) is 2.83. The predicted molar refractivity (Wildman–Crippen MR) is 95.6 cm³/mol. The van der Waals surface area contributed by atoms with Gasteiger partial charge < -0.3 is 5.32 Å². The first-order valence-electron chi connectivity index (χ1n) is 8.71. The first-order valence-corrected chi connectivity index (χ1v) is 10.2. The topological polar surface area (TPSA) is 66.5 Å². The largest absolute Gasteiger partial charge is 0.352 e. The summed E-state index contributed by atoms with van der Waals surface area (Å²) in [7, 11) is -3.54. The molecule has 0 spiro atoms. The van der Waals surface area contributed by atoms with Gasteiger partial charge in [0.15, 0.2) is 0 Å². The summed E-state index contributed by atoms with van der Waals surface area (Å²) in [5.41, 5.74) is 1.22. The zero-order chi connectivity index (χ0) is 17.7. The molecular formula is C18H28N2O3S. The minimum Gasteiger partial charge on any atom is -0.352 e. The number of aryl methyl sites for hydroxylation is 1. The van der Waals surface area contributed by atoms with E-state index in [0.717, 1.165) is 31.2 Å². The molecule has 0 aromatic heterocycles. The quantitative estimate of drug-likeness (QED) is 0.886. The van der Waals surface area contributed by atoms with Gasteiger partial charge in [0.1, 0.15) is 0 Å². The maximum atomic E-state index is 12.9. The number of nitrogens with zero attached hydrogens (tertiary/aromatic N) is 1.